The molecule has 0 fully saturated rings. The summed E-state index contributed by atoms with van der Waals surface area (Å²) in [4.78, 5) is 19.2. The van der Waals surface area contributed by atoms with Gasteiger partial charge in [-0.2, -0.15) is 0 Å². The van der Waals surface area contributed by atoms with Gasteiger partial charge in [-0.25, -0.2) is 9.59 Å². The Morgan fingerprint density at radius 3 is 1.33 bits per heavy atom. The van der Waals surface area contributed by atoms with Crippen LogP contribution in [0, 0.1) is 0 Å². The molecule has 0 radical (unpaired) electrons. The van der Waals surface area contributed by atoms with Crippen molar-refractivity contribution in [2.24, 2.45) is 0 Å². The van der Waals surface area contributed by atoms with Gasteiger partial charge in [0.2, 0.25) is 0 Å². The van der Waals surface area contributed by atoms with E-state index < -0.39 is 11.9 Å². The maximum Gasteiger partial charge on any atom is 0.330 e. The quantitative estimate of drug-likeness (QED) is 0.627. The summed E-state index contributed by atoms with van der Waals surface area (Å²) in [6, 6.07) is 10.0. The topological polar surface area (TPSA) is 115 Å². The van der Waals surface area contributed by atoms with Crippen LogP contribution in [-0.4, -0.2) is 45.6 Å². The number of hydrogen-bond donors (Lipinski definition) is 4. The summed E-state index contributed by atoms with van der Waals surface area (Å²) in [6.07, 6.45) is 1.83. The van der Waals surface area contributed by atoms with Gasteiger partial charge in [-0.3, -0.25) is 0 Å². The first-order chi connectivity index (χ1) is 11.1. The minimum Gasteiger partial charge on any atom is -0.478 e. The Morgan fingerprint density at radius 2 is 1.21 bits per heavy atom. The normalized spacial score (nSPS) is 7.83. The summed E-state index contributed by atoms with van der Waals surface area (Å²) < 4.78 is 0. The second-order valence-corrected chi connectivity index (χ2v) is 4.23. The van der Waals surface area contributed by atoms with E-state index in [1.807, 2.05) is 36.4 Å². The van der Waals surface area contributed by atoms with Gasteiger partial charge < -0.3 is 20.4 Å². The molecular weight excluding hydrogens is 312 g/mol. The lowest BCUT2D eigenvalue weighted by Crippen LogP contribution is -1.92. The maximum absolute atomic E-state index is 9.60. The van der Waals surface area contributed by atoms with Crippen LogP contribution >= 0.6 is 0 Å². The van der Waals surface area contributed by atoms with Gasteiger partial charge in [0, 0.05) is 11.1 Å². The van der Waals surface area contributed by atoms with Crippen LogP contribution in [-0.2, 0) is 9.59 Å². The van der Waals surface area contributed by atoms with Crippen molar-refractivity contribution >= 4 is 18.0 Å². The first kappa shape index (κ1) is 26.2. The number of aliphatic hydroxyl groups is 2. The fourth-order valence-corrected chi connectivity index (χ4v) is 0.589. The number of aliphatic carboxylic acids is 2. The molecule has 134 valence electrons. The van der Waals surface area contributed by atoms with Crippen molar-refractivity contribution in [2.45, 2.75) is 13.8 Å². The van der Waals surface area contributed by atoms with Gasteiger partial charge >= 0.3 is 11.9 Å². The SMILES string of the molecule is C=C(C)C(=O)O.C=C(C)C(=O)O.C=Cc1ccccc1.OCCO. The molecule has 0 heterocycles. The molecule has 6 heteroatoms. The summed E-state index contributed by atoms with van der Waals surface area (Å²) in [5.41, 5.74) is 1.53. The third-order valence-corrected chi connectivity index (χ3v) is 1.87. The zero-order valence-corrected chi connectivity index (χ0v) is 14.1. The van der Waals surface area contributed by atoms with Crippen molar-refractivity contribution in [1.29, 1.82) is 0 Å². The van der Waals surface area contributed by atoms with Gasteiger partial charge in [-0.15, -0.1) is 0 Å². The minimum atomic E-state index is -0.935. The van der Waals surface area contributed by atoms with Gasteiger partial charge in [-0.1, -0.05) is 56.1 Å². The van der Waals surface area contributed by atoms with Gasteiger partial charge in [0.05, 0.1) is 13.2 Å². The molecule has 0 bridgehead atoms. The molecule has 1 rings (SSSR count). The Kier molecular flexibility index (Phi) is 20.0. The van der Waals surface area contributed by atoms with Crippen LogP contribution in [0.5, 0.6) is 0 Å². The molecule has 0 atom stereocenters. The summed E-state index contributed by atoms with van der Waals surface area (Å²) in [6.45, 7) is 12.6. The third kappa shape index (κ3) is 24.3. The molecule has 0 amide bonds. The van der Waals surface area contributed by atoms with Crippen LogP contribution in [0.4, 0.5) is 0 Å². The second kappa shape index (κ2) is 18.3. The lowest BCUT2D eigenvalue weighted by Gasteiger charge is -1.85. The van der Waals surface area contributed by atoms with E-state index in [4.69, 9.17) is 20.4 Å². The molecule has 1 aromatic rings. The van der Waals surface area contributed by atoms with E-state index in [-0.39, 0.29) is 24.4 Å². The van der Waals surface area contributed by atoms with Crippen LogP contribution in [0.25, 0.3) is 6.08 Å². The highest BCUT2D eigenvalue weighted by Crippen LogP contribution is 1.97. The first-order valence-corrected chi connectivity index (χ1v) is 6.80. The van der Waals surface area contributed by atoms with Crippen molar-refractivity contribution in [3.8, 4) is 0 Å². The smallest absolute Gasteiger partial charge is 0.330 e. The van der Waals surface area contributed by atoms with E-state index in [0.717, 1.165) is 0 Å². The lowest BCUT2D eigenvalue weighted by molar-refractivity contribution is -0.133. The Morgan fingerprint density at radius 1 is 0.917 bits per heavy atom. The van der Waals surface area contributed by atoms with Gasteiger partial charge in [0.15, 0.2) is 0 Å². The average Bonchev–Trinajstić information content (AvgIpc) is 2.56. The zero-order valence-electron chi connectivity index (χ0n) is 14.1. The molecule has 0 unspecified atom stereocenters. The molecule has 24 heavy (non-hydrogen) atoms. The molecule has 0 saturated carbocycles. The highest BCUT2D eigenvalue weighted by Gasteiger charge is 1.90. The van der Waals surface area contributed by atoms with Gasteiger partial charge in [-0.05, 0) is 19.4 Å². The van der Waals surface area contributed by atoms with E-state index in [2.05, 4.69) is 19.7 Å². The fourth-order valence-electron chi connectivity index (χ4n) is 0.589. The number of carboxylic acid groups (broad SMARTS) is 2. The van der Waals surface area contributed by atoms with Crippen molar-refractivity contribution in [1.82, 2.24) is 0 Å². The molecule has 0 aliphatic carbocycles. The van der Waals surface area contributed by atoms with Crippen LogP contribution in [0.1, 0.15) is 19.4 Å². The molecule has 6 nitrogen and oxygen atoms in total. The van der Waals surface area contributed by atoms with Gasteiger partial charge in [0.25, 0.3) is 0 Å². The molecule has 4 N–H and O–H groups in total. The molecular formula is C18H26O6. The van der Waals surface area contributed by atoms with Crippen molar-refractivity contribution in [3.05, 3.63) is 66.8 Å². The lowest BCUT2D eigenvalue weighted by atomic mass is 10.2. The Labute approximate surface area is 142 Å². The van der Waals surface area contributed by atoms with Gasteiger partial charge in [0.1, 0.15) is 0 Å². The predicted molar refractivity (Wildman–Crippen MR) is 95.6 cm³/mol. The number of aliphatic hydroxyl groups excluding tert-OH is 2. The summed E-state index contributed by atoms with van der Waals surface area (Å²) >= 11 is 0. The van der Waals surface area contributed by atoms with Crippen molar-refractivity contribution < 1.29 is 30.0 Å². The number of carbonyl (C=O) groups is 2. The highest BCUT2D eigenvalue weighted by molar-refractivity contribution is 5.85. The van der Waals surface area contributed by atoms with Crippen LogP contribution < -0.4 is 0 Å². The van der Waals surface area contributed by atoms with E-state index in [0.29, 0.717) is 0 Å². The van der Waals surface area contributed by atoms with Crippen LogP contribution in [0.15, 0.2) is 61.2 Å². The first-order valence-electron chi connectivity index (χ1n) is 6.80. The average molecular weight is 338 g/mol. The standard InChI is InChI=1S/C8H8.2C4H6O2.C2H6O2/c1-2-8-6-4-3-5-7-8;2*1-3(2)4(5)6;3-1-2-4/h2-7H,1H2;2*1H2,2H3,(H,5,6);3-4H,1-2H2. The van der Waals surface area contributed by atoms with Crippen LogP contribution in [0.2, 0.25) is 0 Å². The molecule has 0 aliphatic rings. The molecule has 0 aliphatic heterocycles. The molecule has 0 spiro atoms. The summed E-state index contributed by atoms with van der Waals surface area (Å²) in [7, 11) is 0. The summed E-state index contributed by atoms with van der Waals surface area (Å²) in [5, 5.41) is 31.0. The molecule has 0 aromatic heterocycles. The predicted octanol–water partition coefficient (Wildman–Crippen LogP) is 2.59. The molecule has 1 aromatic carbocycles. The Bertz CT molecular complexity index is 456. The fraction of sp³-hybridized carbons (Fsp3) is 0.222. The van der Waals surface area contributed by atoms with E-state index in [1.54, 1.807) is 0 Å². The third-order valence-electron chi connectivity index (χ3n) is 1.87. The molecule has 0 saturated heterocycles. The Hall–Kier alpha value is -2.70. The van der Waals surface area contributed by atoms with E-state index in [1.165, 1.54) is 19.4 Å². The van der Waals surface area contributed by atoms with Crippen molar-refractivity contribution in [2.75, 3.05) is 13.2 Å². The Balaban J connectivity index is -0.000000253. The monoisotopic (exact) mass is 338 g/mol. The van der Waals surface area contributed by atoms with Crippen molar-refractivity contribution in [3.63, 3.8) is 0 Å². The van der Waals surface area contributed by atoms with Crippen LogP contribution in [0.3, 0.4) is 0 Å². The maximum atomic E-state index is 9.60. The largest absolute Gasteiger partial charge is 0.478 e. The second-order valence-electron chi connectivity index (χ2n) is 4.23. The number of benzene rings is 1. The van der Waals surface area contributed by atoms with E-state index in [9.17, 15) is 9.59 Å². The van der Waals surface area contributed by atoms with E-state index >= 15 is 0 Å². The number of carboxylic acids is 2. The summed E-state index contributed by atoms with van der Waals surface area (Å²) in [5.74, 6) is -1.87. The highest BCUT2D eigenvalue weighted by atomic mass is 16.4. The minimum absolute atomic E-state index is 0.125. The number of hydrogen-bond acceptors (Lipinski definition) is 4. The zero-order chi connectivity index (χ0) is 19.5. The number of rotatable bonds is 4.